The SMILES string of the molecule is CCc1ccc(OCc2nnc(SCC(=O)Nc3nc(-c4ccc(Cl)cc4Cl)cs3)n2C)cc1. The molecule has 0 atom stereocenters. The van der Waals surface area contributed by atoms with Crippen LogP contribution >= 0.6 is 46.3 Å². The van der Waals surface area contributed by atoms with Gasteiger partial charge in [-0.3, -0.25) is 4.79 Å². The lowest BCUT2D eigenvalue weighted by Crippen LogP contribution is -2.14. The minimum Gasteiger partial charge on any atom is -0.486 e. The van der Waals surface area contributed by atoms with Crippen molar-refractivity contribution in [1.29, 1.82) is 0 Å². The lowest BCUT2D eigenvalue weighted by Gasteiger charge is -2.07. The fraction of sp³-hybridized carbons (Fsp3) is 0.217. The summed E-state index contributed by atoms with van der Waals surface area (Å²) in [6, 6.07) is 13.2. The van der Waals surface area contributed by atoms with Crippen molar-refractivity contribution in [3.05, 3.63) is 69.3 Å². The molecule has 0 radical (unpaired) electrons. The summed E-state index contributed by atoms with van der Waals surface area (Å²) in [6.45, 7) is 2.40. The van der Waals surface area contributed by atoms with Crippen LogP contribution < -0.4 is 10.1 Å². The first kappa shape index (κ1) is 24.5. The molecule has 0 aliphatic heterocycles. The summed E-state index contributed by atoms with van der Waals surface area (Å²) in [5, 5.41) is 15.2. The van der Waals surface area contributed by atoms with Crippen LogP contribution in [0.5, 0.6) is 5.75 Å². The Bertz CT molecular complexity index is 1290. The van der Waals surface area contributed by atoms with Crippen LogP contribution in [0, 0.1) is 0 Å². The Balaban J connectivity index is 1.29. The molecule has 1 N–H and O–H groups in total. The molecule has 2 aromatic heterocycles. The lowest BCUT2D eigenvalue weighted by molar-refractivity contribution is -0.113. The van der Waals surface area contributed by atoms with Gasteiger partial charge in [0.1, 0.15) is 12.4 Å². The van der Waals surface area contributed by atoms with Gasteiger partial charge in [0, 0.05) is 23.0 Å². The summed E-state index contributed by atoms with van der Waals surface area (Å²) >= 11 is 14.8. The number of nitrogens with one attached hydrogen (secondary N) is 1. The van der Waals surface area contributed by atoms with Gasteiger partial charge in [0.2, 0.25) is 5.91 Å². The molecule has 34 heavy (non-hydrogen) atoms. The summed E-state index contributed by atoms with van der Waals surface area (Å²) in [6.07, 6.45) is 0.984. The highest BCUT2D eigenvalue weighted by Gasteiger charge is 2.14. The molecule has 11 heteroatoms. The van der Waals surface area contributed by atoms with Crippen LogP contribution in [0.4, 0.5) is 5.13 Å². The van der Waals surface area contributed by atoms with Crippen LogP contribution in [-0.2, 0) is 24.9 Å². The molecule has 0 saturated heterocycles. The summed E-state index contributed by atoms with van der Waals surface area (Å²) in [7, 11) is 1.85. The van der Waals surface area contributed by atoms with E-state index in [0.717, 1.165) is 17.7 Å². The third kappa shape index (κ3) is 6.09. The van der Waals surface area contributed by atoms with E-state index < -0.39 is 0 Å². The number of carbonyl (C=O) groups excluding carboxylic acids is 1. The van der Waals surface area contributed by atoms with Gasteiger partial charge in [0.15, 0.2) is 16.1 Å². The molecular formula is C23H21Cl2N5O2S2. The second-order valence-corrected chi connectivity index (χ2v) is 9.89. The molecule has 0 unspecified atom stereocenters. The third-order valence-electron chi connectivity index (χ3n) is 4.91. The van der Waals surface area contributed by atoms with Crippen molar-refractivity contribution in [3.8, 4) is 17.0 Å². The Labute approximate surface area is 215 Å². The topological polar surface area (TPSA) is 81.9 Å². The minimum absolute atomic E-state index is 0.169. The summed E-state index contributed by atoms with van der Waals surface area (Å²) in [5.41, 5.74) is 2.69. The van der Waals surface area contributed by atoms with Gasteiger partial charge in [-0.05, 0) is 42.3 Å². The molecule has 0 aliphatic rings. The predicted molar refractivity (Wildman–Crippen MR) is 138 cm³/mol. The van der Waals surface area contributed by atoms with E-state index in [0.29, 0.717) is 31.9 Å². The van der Waals surface area contributed by atoms with Crippen LogP contribution in [0.3, 0.4) is 0 Å². The summed E-state index contributed by atoms with van der Waals surface area (Å²) < 4.78 is 7.63. The standard InChI is InChI=1S/C23H21Cl2N5O2S2/c1-3-14-4-7-16(8-5-14)32-11-20-28-29-23(30(20)2)34-13-21(31)27-22-26-19(12-33-22)17-9-6-15(24)10-18(17)25/h4-10,12H,3,11,13H2,1-2H3,(H,26,27,31). The van der Waals surface area contributed by atoms with Gasteiger partial charge >= 0.3 is 0 Å². The molecule has 4 rings (SSSR count). The van der Waals surface area contributed by atoms with Crippen molar-refractivity contribution in [2.24, 2.45) is 7.05 Å². The number of amides is 1. The number of aromatic nitrogens is 4. The zero-order valence-electron chi connectivity index (χ0n) is 18.4. The largest absolute Gasteiger partial charge is 0.486 e. The molecule has 2 heterocycles. The van der Waals surface area contributed by atoms with Crippen LogP contribution in [0.1, 0.15) is 18.3 Å². The number of benzene rings is 2. The fourth-order valence-corrected chi connectivity index (χ4v) is 4.97. The number of halogens is 2. The number of ether oxygens (including phenoxy) is 1. The average Bonchev–Trinajstić information content (AvgIpc) is 3.43. The van der Waals surface area contributed by atoms with Gasteiger partial charge < -0.3 is 14.6 Å². The zero-order chi connectivity index (χ0) is 24.1. The van der Waals surface area contributed by atoms with E-state index in [1.54, 1.807) is 18.2 Å². The van der Waals surface area contributed by atoms with Gasteiger partial charge in [-0.25, -0.2) is 4.98 Å². The number of thioether (sulfide) groups is 1. The number of nitrogens with zero attached hydrogens (tertiary/aromatic N) is 4. The van der Waals surface area contributed by atoms with E-state index in [9.17, 15) is 4.79 Å². The molecule has 0 spiro atoms. The molecule has 176 valence electrons. The monoisotopic (exact) mass is 533 g/mol. The number of carbonyl (C=O) groups is 1. The molecule has 0 fully saturated rings. The average molecular weight is 534 g/mol. The number of thiazole rings is 1. The summed E-state index contributed by atoms with van der Waals surface area (Å²) in [5.74, 6) is 1.43. The molecule has 0 aliphatic carbocycles. The number of rotatable bonds is 9. The van der Waals surface area contributed by atoms with E-state index in [2.05, 4.69) is 27.4 Å². The van der Waals surface area contributed by atoms with Gasteiger partial charge in [-0.1, -0.05) is 54.0 Å². The van der Waals surface area contributed by atoms with Crippen molar-refractivity contribution < 1.29 is 9.53 Å². The van der Waals surface area contributed by atoms with Crippen molar-refractivity contribution in [1.82, 2.24) is 19.7 Å². The molecule has 0 saturated carbocycles. The van der Waals surface area contributed by atoms with E-state index in [4.69, 9.17) is 27.9 Å². The van der Waals surface area contributed by atoms with E-state index in [-0.39, 0.29) is 18.3 Å². The quantitative estimate of drug-likeness (QED) is 0.261. The maximum absolute atomic E-state index is 12.4. The highest BCUT2D eigenvalue weighted by atomic mass is 35.5. The van der Waals surface area contributed by atoms with Gasteiger partial charge in [0.25, 0.3) is 0 Å². The van der Waals surface area contributed by atoms with Crippen molar-refractivity contribution in [3.63, 3.8) is 0 Å². The highest BCUT2D eigenvalue weighted by Crippen LogP contribution is 2.32. The normalized spacial score (nSPS) is 10.9. The third-order valence-corrected chi connectivity index (χ3v) is 7.24. The molecule has 0 bridgehead atoms. The second kappa shape index (κ2) is 11.2. The van der Waals surface area contributed by atoms with E-state index in [1.165, 1.54) is 28.7 Å². The van der Waals surface area contributed by atoms with Gasteiger partial charge in [-0.2, -0.15) is 0 Å². The van der Waals surface area contributed by atoms with E-state index in [1.807, 2.05) is 41.3 Å². The Morgan fingerprint density at radius 3 is 2.71 bits per heavy atom. The minimum atomic E-state index is -0.190. The molecule has 2 aromatic carbocycles. The molecule has 4 aromatic rings. The highest BCUT2D eigenvalue weighted by molar-refractivity contribution is 7.99. The van der Waals surface area contributed by atoms with Crippen LogP contribution in [0.2, 0.25) is 10.0 Å². The first-order chi connectivity index (χ1) is 16.4. The number of hydrogen-bond acceptors (Lipinski definition) is 7. The first-order valence-corrected chi connectivity index (χ1v) is 13.0. The maximum atomic E-state index is 12.4. The maximum Gasteiger partial charge on any atom is 0.236 e. The number of anilines is 1. The molecule has 7 nitrogen and oxygen atoms in total. The number of aryl methyl sites for hydroxylation is 1. The van der Waals surface area contributed by atoms with E-state index >= 15 is 0 Å². The Kier molecular flexibility index (Phi) is 8.10. The second-order valence-electron chi connectivity index (χ2n) is 7.24. The number of hydrogen-bond donors (Lipinski definition) is 1. The smallest absolute Gasteiger partial charge is 0.236 e. The molecule has 1 amide bonds. The zero-order valence-corrected chi connectivity index (χ0v) is 21.6. The Hall–Kier alpha value is -2.59. The van der Waals surface area contributed by atoms with Crippen molar-refractivity contribution >= 4 is 57.3 Å². The molecular weight excluding hydrogens is 513 g/mol. The predicted octanol–water partition coefficient (Wildman–Crippen LogP) is 6.12. The van der Waals surface area contributed by atoms with Gasteiger partial charge in [-0.15, -0.1) is 21.5 Å². The Morgan fingerprint density at radius 1 is 1.18 bits per heavy atom. The van der Waals surface area contributed by atoms with Crippen LogP contribution in [0.25, 0.3) is 11.3 Å². The first-order valence-electron chi connectivity index (χ1n) is 10.4. The Morgan fingerprint density at radius 2 is 1.97 bits per heavy atom. The lowest BCUT2D eigenvalue weighted by atomic mass is 10.2. The fourth-order valence-electron chi connectivity index (χ4n) is 3.00. The van der Waals surface area contributed by atoms with Gasteiger partial charge in [0.05, 0.1) is 16.5 Å². The van der Waals surface area contributed by atoms with Crippen molar-refractivity contribution in [2.45, 2.75) is 25.1 Å². The van der Waals surface area contributed by atoms with Crippen LogP contribution in [-0.4, -0.2) is 31.4 Å². The summed E-state index contributed by atoms with van der Waals surface area (Å²) in [4.78, 5) is 16.9. The van der Waals surface area contributed by atoms with Crippen LogP contribution in [0.15, 0.2) is 53.0 Å². The van der Waals surface area contributed by atoms with Crippen molar-refractivity contribution in [2.75, 3.05) is 11.1 Å².